The molecule has 100 valence electrons. The van der Waals surface area contributed by atoms with Gasteiger partial charge < -0.3 is 9.15 Å². The number of aromatic nitrogens is 1. The van der Waals surface area contributed by atoms with Crippen molar-refractivity contribution >= 4 is 11.0 Å². The number of rotatable bonds is 2. The maximum absolute atomic E-state index is 13.1. The zero-order valence-electron chi connectivity index (χ0n) is 10.6. The van der Waals surface area contributed by atoms with E-state index in [0.717, 1.165) is 0 Å². The molecule has 0 atom stereocenters. The molecule has 3 aromatic rings. The maximum atomic E-state index is 13.1. The zero-order valence-corrected chi connectivity index (χ0v) is 10.6. The Balaban J connectivity index is 2.30. The number of hydrogen-bond acceptors (Lipinski definition) is 4. The molecule has 5 heteroatoms. The first-order valence-electron chi connectivity index (χ1n) is 5.91. The molecule has 4 nitrogen and oxygen atoms in total. The molecule has 0 radical (unpaired) electrons. The van der Waals surface area contributed by atoms with Crippen LogP contribution in [0.4, 0.5) is 4.39 Å². The third kappa shape index (κ3) is 1.93. The lowest BCUT2D eigenvalue weighted by molar-refractivity contribution is 0.399. The highest BCUT2D eigenvalue weighted by Gasteiger charge is 2.13. The van der Waals surface area contributed by atoms with Crippen LogP contribution < -0.4 is 10.2 Å². The first kappa shape index (κ1) is 12.3. The van der Waals surface area contributed by atoms with Crippen molar-refractivity contribution in [2.24, 2.45) is 0 Å². The molecule has 0 spiro atoms. The van der Waals surface area contributed by atoms with E-state index in [2.05, 4.69) is 4.98 Å². The van der Waals surface area contributed by atoms with Gasteiger partial charge in [-0.2, -0.15) is 0 Å². The van der Waals surface area contributed by atoms with Crippen LogP contribution in [-0.2, 0) is 0 Å². The van der Waals surface area contributed by atoms with Gasteiger partial charge in [0.2, 0.25) is 11.3 Å². The zero-order chi connectivity index (χ0) is 14.1. The van der Waals surface area contributed by atoms with Crippen LogP contribution in [0, 0.1) is 5.82 Å². The third-order valence-electron chi connectivity index (χ3n) is 2.99. The number of pyridine rings is 1. The van der Waals surface area contributed by atoms with Crippen LogP contribution in [0.1, 0.15) is 0 Å². The number of fused-ring (bicyclic) bond motifs is 1. The average Bonchev–Trinajstić information content (AvgIpc) is 2.47. The summed E-state index contributed by atoms with van der Waals surface area (Å²) in [5.41, 5.74) is 0.822. The lowest BCUT2D eigenvalue weighted by Crippen LogP contribution is -2.06. The number of methoxy groups -OCH3 is 1. The second-order valence-corrected chi connectivity index (χ2v) is 4.18. The molecule has 0 aliphatic heterocycles. The van der Waals surface area contributed by atoms with E-state index < -0.39 is 5.82 Å². The van der Waals surface area contributed by atoms with Gasteiger partial charge in [-0.3, -0.25) is 4.79 Å². The fourth-order valence-corrected chi connectivity index (χ4v) is 2.05. The summed E-state index contributed by atoms with van der Waals surface area (Å²) >= 11 is 0. The van der Waals surface area contributed by atoms with E-state index in [9.17, 15) is 9.18 Å². The van der Waals surface area contributed by atoms with Gasteiger partial charge in [0.05, 0.1) is 23.6 Å². The molecule has 0 saturated carbocycles. The Morgan fingerprint density at radius 3 is 2.90 bits per heavy atom. The molecule has 0 aliphatic rings. The summed E-state index contributed by atoms with van der Waals surface area (Å²) in [5, 5.41) is 0.315. The van der Waals surface area contributed by atoms with Gasteiger partial charge in [0.25, 0.3) is 0 Å². The monoisotopic (exact) mass is 271 g/mol. The van der Waals surface area contributed by atoms with Gasteiger partial charge in [0.1, 0.15) is 17.7 Å². The largest absolute Gasteiger partial charge is 0.481 e. The van der Waals surface area contributed by atoms with Crippen LogP contribution in [0.25, 0.3) is 22.1 Å². The minimum absolute atomic E-state index is 0.210. The summed E-state index contributed by atoms with van der Waals surface area (Å²) in [6.07, 6.45) is 2.87. The molecule has 0 bridgehead atoms. The summed E-state index contributed by atoms with van der Waals surface area (Å²) in [7, 11) is 1.48. The van der Waals surface area contributed by atoms with E-state index in [4.69, 9.17) is 9.15 Å². The van der Waals surface area contributed by atoms with Gasteiger partial charge in [-0.25, -0.2) is 9.37 Å². The first-order valence-corrected chi connectivity index (χ1v) is 5.91. The molecule has 0 unspecified atom stereocenters. The second-order valence-electron chi connectivity index (χ2n) is 4.18. The van der Waals surface area contributed by atoms with Crippen LogP contribution in [0.15, 0.2) is 52.0 Å². The fourth-order valence-electron chi connectivity index (χ4n) is 2.05. The lowest BCUT2D eigenvalue weighted by atomic mass is 10.1. The van der Waals surface area contributed by atoms with Gasteiger partial charge in [-0.1, -0.05) is 0 Å². The minimum Gasteiger partial charge on any atom is -0.481 e. The molecule has 2 aromatic heterocycles. The fraction of sp³-hybridized carbons (Fsp3) is 0.0667. The van der Waals surface area contributed by atoms with E-state index in [-0.39, 0.29) is 11.0 Å². The van der Waals surface area contributed by atoms with E-state index in [1.807, 2.05) is 0 Å². The highest BCUT2D eigenvalue weighted by atomic mass is 19.1. The SMILES string of the molecule is COc1ncccc1-c1coc2cc(F)ccc2c1=O. The van der Waals surface area contributed by atoms with Crippen LogP contribution in [0.2, 0.25) is 0 Å². The van der Waals surface area contributed by atoms with Crippen molar-refractivity contribution < 1.29 is 13.5 Å². The molecule has 0 saturated heterocycles. The Bertz CT molecular complexity index is 842. The number of halogens is 1. The van der Waals surface area contributed by atoms with Gasteiger partial charge in [0.15, 0.2) is 0 Å². The molecule has 0 amide bonds. The highest BCUT2D eigenvalue weighted by molar-refractivity contribution is 5.82. The van der Waals surface area contributed by atoms with Crippen LogP contribution in [-0.4, -0.2) is 12.1 Å². The first-order chi connectivity index (χ1) is 9.70. The Hall–Kier alpha value is -2.69. The Kier molecular flexibility index (Phi) is 2.95. The number of ether oxygens (including phenoxy) is 1. The smallest absolute Gasteiger partial charge is 0.221 e. The molecule has 20 heavy (non-hydrogen) atoms. The van der Waals surface area contributed by atoms with Gasteiger partial charge in [0, 0.05) is 12.3 Å². The Morgan fingerprint density at radius 1 is 1.25 bits per heavy atom. The number of benzene rings is 1. The van der Waals surface area contributed by atoms with Crippen molar-refractivity contribution in [2.45, 2.75) is 0 Å². The van der Waals surface area contributed by atoms with Crippen molar-refractivity contribution in [1.29, 1.82) is 0 Å². The van der Waals surface area contributed by atoms with E-state index in [1.54, 1.807) is 18.3 Å². The van der Waals surface area contributed by atoms with Crippen LogP contribution in [0.5, 0.6) is 5.88 Å². The van der Waals surface area contributed by atoms with E-state index >= 15 is 0 Å². The maximum Gasteiger partial charge on any atom is 0.221 e. The quantitative estimate of drug-likeness (QED) is 0.719. The molecule has 3 rings (SSSR count). The summed E-state index contributed by atoms with van der Waals surface area (Å²) in [4.78, 5) is 16.5. The summed E-state index contributed by atoms with van der Waals surface area (Å²) in [6.45, 7) is 0. The standard InChI is InChI=1S/C15H10FNO3/c1-19-15-10(3-2-6-17-15)12-8-20-13-7-9(16)4-5-11(13)14(12)18/h2-8H,1H3. The predicted octanol–water partition coefficient (Wildman–Crippen LogP) is 3.00. The molecule has 0 N–H and O–H groups in total. The van der Waals surface area contributed by atoms with Gasteiger partial charge in [-0.05, 0) is 24.3 Å². The Labute approximate surface area is 113 Å². The van der Waals surface area contributed by atoms with Crippen LogP contribution in [0.3, 0.4) is 0 Å². The topological polar surface area (TPSA) is 52.3 Å². The minimum atomic E-state index is -0.452. The van der Waals surface area contributed by atoms with Crippen molar-refractivity contribution in [1.82, 2.24) is 4.98 Å². The summed E-state index contributed by atoms with van der Waals surface area (Å²) in [6, 6.07) is 7.23. The predicted molar refractivity (Wildman–Crippen MR) is 72.2 cm³/mol. The van der Waals surface area contributed by atoms with Crippen molar-refractivity contribution in [3.05, 3.63) is 58.8 Å². The second kappa shape index (κ2) is 4.77. The molecule has 0 aliphatic carbocycles. The lowest BCUT2D eigenvalue weighted by Gasteiger charge is -2.06. The van der Waals surface area contributed by atoms with Crippen molar-refractivity contribution in [3.63, 3.8) is 0 Å². The average molecular weight is 271 g/mol. The third-order valence-corrected chi connectivity index (χ3v) is 2.99. The molecule has 2 heterocycles. The Morgan fingerprint density at radius 2 is 2.10 bits per heavy atom. The van der Waals surface area contributed by atoms with Crippen LogP contribution >= 0.6 is 0 Å². The van der Waals surface area contributed by atoms with Crippen molar-refractivity contribution in [3.8, 4) is 17.0 Å². The van der Waals surface area contributed by atoms with Gasteiger partial charge >= 0.3 is 0 Å². The molecule has 1 aromatic carbocycles. The van der Waals surface area contributed by atoms with E-state index in [0.29, 0.717) is 22.4 Å². The summed E-state index contributed by atoms with van der Waals surface area (Å²) in [5.74, 6) is -0.117. The van der Waals surface area contributed by atoms with Gasteiger partial charge in [-0.15, -0.1) is 0 Å². The number of hydrogen-bond donors (Lipinski definition) is 0. The molecular weight excluding hydrogens is 261 g/mol. The van der Waals surface area contributed by atoms with E-state index in [1.165, 1.54) is 31.6 Å². The number of nitrogens with zero attached hydrogens (tertiary/aromatic N) is 1. The van der Waals surface area contributed by atoms with Crippen molar-refractivity contribution in [2.75, 3.05) is 7.11 Å². The highest BCUT2D eigenvalue weighted by Crippen LogP contribution is 2.26. The molecule has 0 fully saturated rings. The normalized spacial score (nSPS) is 10.7. The molecular formula is C15H10FNO3. The summed E-state index contributed by atoms with van der Waals surface area (Å²) < 4.78 is 23.6.